The van der Waals surface area contributed by atoms with Crippen LogP contribution in [-0.4, -0.2) is 5.11 Å². The van der Waals surface area contributed by atoms with Gasteiger partial charge in [0.05, 0.1) is 6.10 Å². The van der Waals surface area contributed by atoms with Crippen molar-refractivity contribution in [1.29, 1.82) is 0 Å². The zero-order chi connectivity index (χ0) is 14.9. The molecule has 106 valence electrons. The fourth-order valence-electron chi connectivity index (χ4n) is 2.90. The molecule has 0 fully saturated rings. The maximum absolute atomic E-state index is 11.0. The molecule has 21 heavy (non-hydrogen) atoms. The summed E-state index contributed by atoms with van der Waals surface area (Å²) in [5.74, 6) is 0. The summed E-state index contributed by atoms with van der Waals surface area (Å²) in [6.45, 7) is 4.18. The van der Waals surface area contributed by atoms with E-state index in [0.29, 0.717) is 0 Å². The van der Waals surface area contributed by atoms with Crippen molar-refractivity contribution in [3.8, 4) is 0 Å². The minimum absolute atomic E-state index is 0.342. The van der Waals surface area contributed by atoms with Crippen molar-refractivity contribution in [1.82, 2.24) is 0 Å². The van der Waals surface area contributed by atoms with E-state index in [1.807, 2.05) is 42.5 Å². The van der Waals surface area contributed by atoms with Crippen LogP contribution in [0.5, 0.6) is 0 Å². The molecular formula is C20H20O. The fourth-order valence-corrected chi connectivity index (χ4v) is 2.90. The molecule has 1 atom stereocenters. The molecule has 0 heterocycles. The third-order valence-electron chi connectivity index (χ3n) is 4.32. The van der Waals surface area contributed by atoms with Crippen LogP contribution in [0.25, 0.3) is 10.8 Å². The highest BCUT2D eigenvalue weighted by Crippen LogP contribution is 2.39. The van der Waals surface area contributed by atoms with Crippen LogP contribution < -0.4 is 0 Å². The van der Waals surface area contributed by atoms with Crippen LogP contribution in [0.15, 0.2) is 72.8 Å². The average Bonchev–Trinajstić information content (AvgIpc) is 2.54. The largest absolute Gasteiger partial charge is 0.387 e. The molecule has 1 unspecified atom stereocenters. The molecule has 3 aromatic carbocycles. The number of hydrogen-bond acceptors (Lipinski definition) is 1. The van der Waals surface area contributed by atoms with Gasteiger partial charge in [-0.25, -0.2) is 0 Å². The topological polar surface area (TPSA) is 20.2 Å². The van der Waals surface area contributed by atoms with Crippen molar-refractivity contribution in [3.63, 3.8) is 0 Å². The van der Waals surface area contributed by atoms with E-state index in [2.05, 4.69) is 44.2 Å². The first-order chi connectivity index (χ1) is 10.1. The SMILES string of the molecule is CC(C)(c1ccccc1)C(O)c1cccc2ccccc12. The lowest BCUT2D eigenvalue weighted by Gasteiger charge is -2.32. The molecule has 3 rings (SSSR count). The number of benzene rings is 3. The van der Waals surface area contributed by atoms with Crippen LogP contribution in [0.1, 0.15) is 31.1 Å². The highest BCUT2D eigenvalue weighted by molar-refractivity contribution is 5.86. The maximum atomic E-state index is 11.0. The Balaban J connectivity index is 2.10. The van der Waals surface area contributed by atoms with Gasteiger partial charge in [0.15, 0.2) is 0 Å². The molecule has 1 N–H and O–H groups in total. The van der Waals surface area contributed by atoms with Crippen LogP contribution in [0.3, 0.4) is 0 Å². The highest BCUT2D eigenvalue weighted by atomic mass is 16.3. The Morgan fingerprint density at radius 2 is 1.38 bits per heavy atom. The minimum Gasteiger partial charge on any atom is -0.387 e. The molecule has 0 saturated heterocycles. The molecule has 0 spiro atoms. The standard InChI is InChI=1S/C20H20O/c1-20(2,16-11-4-3-5-12-16)19(21)18-14-8-10-15-9-6-7-13-17(15)18/h3-14,19,21H,1-2H3. The normalized spacial score (nSPS) is 13.3. The van der Waals surface area contributed by atoms with Crippen molar-refractivity contribution >= 4 is 10.8 Å². The summed E-state index contributed by atoms with van der Waals surface area (Å²) >= 11 is 0. The van der Waals surface area contributed by atoms with Crippen molar-refractivity contribution in [3.05, 3.63) is 83.9 Å². The van der Waals surface area contributed by atoms with Gasteiger partial charge in [0.25, 0.3) is 0 Å². The predicted octanol–water partition coefficient (Wildman–Crippen LogP) is 4.85. The van der Waals surface area contributed by atoms with Gasteiger partial charge >= 0.3 is 0 Å². The Labute approximate surface area is 125 Å². The monoisotopic (exact) mass is 276 g/mol. The van der Waals surface area contributed by atoms with E-state index in [0.717, 1.165) is 21.9 Å². The average molecular weight is 276 g/mol. The van der Waals surface area contributed by atoms with Gasteiger partial charge in [0.2, 0.25) is 0 Å². The second kappa shape index (κ2) is 5.34. The molecule has 0 aliphatic carbocycles. The third-order valence-corrected chi connectivity index (χ3v) is 4.32. The molecule has 0 aliphatic heterocycles. The summed E-state index contributed by atoms with van der Waals surface area (Å²) in [4.78, 5) is 0. The summed E-state index contributed by atoms with van der Waals surface area (Å²) in [7, 11) is 0. The first-order valence-electron chi connectivity index (χ1n) is 7.32. The molecule has 0 radical (unpaired) electrons. The Bertz CT molecular complexity index is 739. The van der Waals surface area contributed by atoms with Crippen LogP contribution in [-0.2, 0) is 5.41 Å². The van der Waals surface area contributed by atoms with Crippen molar-refractivity contribution in [2.75, 3.05) is 0 Å². The van der Waals surface area contributed by atoms with Gasteiger partial charge < -0.3 is 5.11 Å². The zero-order valence-electron chi connectivity index (χ0n) is 12.5. The molecule has 0 aromatic heterocycles. The van der Waals surface area contributed by atoms with Gasteiger partial charge in [-0.15, -0.1) is 0 Å². The first kappa shape index (κ1) is 13.8. The summed E-state index contributed by atoms with van der Waals surface area (Å²) in [6, 6.07) is 24.5. The number of rotatable bonds is 3. The van der Waals surface area contributed by atoms with Gasteiger partial charge in [0.1, 0.15) is 0 Å². The molecular weight excluding hydrogens is 256 g/mol. The van der Waals surface area contributed by atoms with E-state index in [9.17, 15) is 5.11 Å². The molecule has 3 aromatic rings. The lowest BCUT2D eigenvalue weighted by Crippen LogP contribution is -2.26. The van der Waals surface area contributed by atoms with E-state index in [4.69, 9.17) is 0 Å². The minimum atomic E-state index is -0.550. The van der Waals surface area contributed by atoms with Crippen LogP contribution >= 0.6 is 0 Å². The summed E-state index contributed by atoms with van der Waals surface area (Å²) < 4.78 is 0. The maximum Gasteiger partial charge on any atom is 0.0887 e. The van der Waals surface area contributed by atoms with E-state index >= 15 is 0 Å². The number of hydrogen-bond donors (Lipinski definition) is 1. The Morgan fingerprint density at radius 1 is 0.762 bits per heavy atom. The Kier molecular flexibility index (Phi) is 3.52. The molecule has 0 saturated carbocycles. The fraction of sp³-hybridized carbons (Fsp3) is 0.200. The molecule has 0 amide bonds. The second-order valence-electron chi connectivity index (χ2n) is 6.06. The van der Waals surface area contributed by atoms with E-state index in [1.165, 1.54) is 0 Å². The van der Waals surface area contributed by atoms with Crippen LogP contribution in [0.4, 0.5) is 0 Å². The van der Waals surface area contributed by atoms with Crippen molar-refractivity contribution in [2.45, 2.75) is 25.4 Å². The van der Waals surface area contributed by atoms with Gasteiger partial charge in [0, 0.05) is 5.41 Å². The van der Waals surface area contributed by atoms with Crippen molar-refractivity contribution in [2.24, 2.45) is 0 Å². The van der Waals surface area contributed by atoms with E-state index < -0.39 is 6.10 Å². The lowest BCUT2D eigenvalue weighted by atomic mass is 9.76. The second-order valence-corrected chi connectivity index (χ2v) is 6.06. The smallest absolute Gasteiger partial charge is 0.0887 e. The Hall–Kier alpha value is -2.12. The molecule has 0 aliphatic rings. The number of aliphatic hydroxyl groups excluding tert-OH is 1. The van der Waals surface area contributed by atoms with Crippen LogP contribution in [0, 0.1) is 0 Å². The van der Waals surface area contributed by atoms with Gasteiger partial charge in [-0.2, -0.15) is 0 Å². The van der Waals surface area contributed by atoms with Gasteiger partial charge in [-0.3, -0.25) is 0 Å². The van der Waals surface area contributed by atoms with Crippen molar-refractivity contribution < 1.29 is 5.11 Å². The summed E-state index contributed by atoms with van der Waals surface area (Å²) in [5.41, 5.74) is 1.79. The van der Waals surface area contributed by atoms with Crippen LogP contribution in [0.2, 0.25) is 0 Å². The van der Waals surface area contributed by atoms with Gasteiger partial charge in [-0.05, 0) is 21.9 Å². The lowest BCUT2D eigenvalue weighted by molar-refractivity contribution is 0.102. The summed E-state index contributed by atoms with van der Waals surface area (Å²) in [6.07, 6.45) is -0.550. The van der Waals surface area contributed by atoms with Gasteiger partial charge in [-0.1, -0.05) is 86.6 Å². The van der Waals surface area contributed by atoms with E-state index in [-0.39, 0.29) is 5.41 Å². The van der Waals surface area contributed by atoms with E-state index in [1.54, 1.807) is 0 Å². The third kappa shape index (κ3) is 2.45. The molecule has 1 heteroatoms. The molecule has 0 bridgehead atoms. The predicted molar refractivity (Wildman–Crippen MR) is 88.4 cm³/mol. The quantitative estimate of drug-likeness (QED) is 0.725. The molecule has 1 nitrogen and oxygen atoms in total. The zero-order valence-corrected chi connectivity index (χ0v) is 12.5. The number of fused-ring (bicyclic) bond motifs is 1. The summed E-state index contributed by atoms with van der Waals surface area (Å²) in [5, 5.41) is 13.3. The first-order valence-corrected chi connectivity index (χ1v) is 7.32. The number of aliphatic hydroxyl groups is 1. The Morgan fingerprint density at radius 3 is 2.14 bits per heavy atom. The highest BCUT2D eigenvalue weighted by Gasteiger charge is 2.31.